The number of ether oxygens (including phenoxy) is 1. The maximum atomic E-state index is 10.3. The number of urea groups is 1. The first-order valence-electron chi connectivity index (χ1n) is 2.47. The number of hydrogen-bond acceptors (Lipinski definition) is 3. The van der Waals surface area contributed by atoms with Crippen molar-refractivity contribution >= 4 is 12.0 Å². The number of carbonyl (C=O) groups is 2. The summed E-state index contributed by atoms with van der Waals surface area (Å²) in [7, 11) is 1.23. The lowest BCUT2D eigenvalue weighted by atomic mass is 10.6. The molecule has 10 heavy (non-hydrogen) atoms. The second kappa shape index (κ2) is 4.37. The highest BCUT2D eigenvalue weighted by Crippen LogP contribution is 1.73. The van der Waals surface area contributed by atoms with E-state index in [2.05, 4.69) is 15.8 Å². The number of amides is 2. The fourth-order valence-electron chi connectivity index (χ4n) is 0.260. The summed E-state index contributed by atoms with van der Waals surface area (Å²) in [6.45, 7) is 0. The van der Waals surface area contributed by atoms with Gasteiger partial charge in [-0.25, -0.2) is 9.59 Å². The molecule has 0 radical (unpaired) electrons. The molecule has 5 heteroatoms. The van der Waals surface area contributed by atoms with Gasteiger partial charge in [-0.1, -0.05) is 0 Å². The Morgan fingerprint density at radius 2 is 2.20 bits per heavy atom. The molecular formula is C5H8N2O3. The van der Waals surface area contributed by atoms with Crippen molar-refractivity contribution in [3.05, 3.63) is 12.3 Å². The summed E-state index contributed by atoms with van der Waals surface area (Å²) in [5, 5.41) is 2.07. The van der Waals surface area contributed by atoms with Gasteiger partial charge in [0.05, 0.1) is 7.11 Å². The minimum atomic E-state index is -0.722. The topological polar surface area (TPSA) is 81.4 Å². The average Bonchev–Trinajstić information content (AvgIpc) is 1.87. The molecule has 0 aliphatic carbocycles. The van der Waals surface area contributed by atoms with Crippen LogP contribution in [0.15, 0.2) is 12.3 Å². The predicted molar refractivity (Wildman–Crippen MR) is 33.9 cm³/mol. The molecule has 0 aromatic heterocycles. The van der Waals surface area contributed by atoms with Crippen LogP contribution in [-0.2, 0) is 9.53 Å². The van der Waals surface area contributed by atoms with Crippen molar-refractivity contribution in [3.63, 3.8) is 0 Å². The predicted octanol–water partition coefficient (Wildman–Crippen LogP) is -0.659. The van der Waals surface area contributed by atoms with Gasteiger partial charge in [0.2, 0.25) is 0 Å². The van der Waals surface area contributed by atoms with Gasteiger partial charge in [-0.05, 0) is 0 Å². The third-order valence-corrected chi connectivity index (χ3v) is 0.646. The van der Waals surface area contributed by atoms with Crippen LogP contribution < -0.4 is 11.1 Å². The molecule has 0 unspecified atom stereocenters. The summed E-state index contributed by atoms with van der Waals surface area (Å²) in [5.74, 6) is -0.547. The second-order valence-electron chi connectivity index (χ2n) is 1.37. The number of esters is 1. The monoisotopic (exact) mass is 144 g/mol. The van der Waals surface area contributed by atoms with Gasteiger partial charge in [-0.15, -0.1) is 0 Å². The van der Waals surface area contributed by atoms with Crippen LogP contribution in [0.5, 0.6) is 0 Å². The molecule has 3 N–H and O–H groups in total. The van der Waals surface area contributed by atoms with Crippen LogP contribution in [0, 0.1) is 0 Å². The molecule has 0 atom stereocenters. The molecule has 0 aromatic carbocycles. The molecule has 0 aliphatic rings. The third kappa shape index (κ3) is 4.63. The molecule has 0 saturated carbocycles. The number of rotatable bonds is 2. The smallest absolute Gasteiger partial charge is 0.331 e. The first-order chi connectivity index (χ1) is 4.66. The van der Waals surface area contributed by atoms with Crippen molar-refractivity contribution in [2.45, 2.75) is 0 Å². The Balaban J connectivity index is 3.56. The van der Waals surface area contributed by atoms with Crippen LogP contribution in [0.25, 0.3) is 0 Å². The van der Waals surface area contributed by atoms with Gasteiger partial charge in [0.25, 0.3) is 0 Å². The lowest BCUT2D eigenvalue weighted by Crippen LogP contribution is -2.24. The molecule has 0 rings (SSSR count). The normalized spacial score (nSPS) is 9.30. The van der Waals surface area contributed by atoms with Gasteiger partial charge >= 0.3 is 12.0 Å². The summed E-state index contributed by atoms with van der Waals surface area (Å²) >= 11 is 0. The molecule has 0 fully saturated rings. The van der Waals surface area contributed by atoms with Crippen LogP contribution in [-0.4, -0.2) is 19.1 Å². The Morgan fingerprint density at radius 3 is 2.60 bits per heavy atom. The second-order valence-corrected chi connectivity index (χ2v) is 1.37. The highest BCUT2D eigenvalue weighted by molar-refractivity contribution is 5.82. The summed E-state index contributed by atoms with van der Waals surface area (Å²) in [4.78, 5) is 20.3. The van der Waals surface area contributed by atoms with E-state index in [1.54, 1.807) is 0 Å². The molecule has 2 amide bonds. The van der Waals surface area contributed by atoms with Gasteiger partial charge < -0.3 is 15.8 Å². The SMILES string of the molecule is COC(=O)/C=C\NC(N)=O. The quantitative estimate of drug-likeness (QED) is 0.398. The average molecular weight is 144 g/mol. The number of nitrogens with one attached hydrogen (secondary N) is 1. The molecule has 5 nitrogen and oxygen atoms in total. The van der Waals surface area contributed by atoms with E-state index in [-0.39, 0.29) is 0 Å². The van der Waals surface area contributed by atoms with Crippen molar-refractivity contribution in [3.8, 4) is 0 Å². The molecule has 0 spiro atoms. The summed E-state index contributed by atoms with van der Waals surface area (Å²) < 4.78 is 4.21. The van der Waals surface area contributed by atoms with E-state index in [1.807, 2.05) is 0 Å². The van der Waals surface area contributed by atoms with E-state index >= 15 is 0 Å². The largest absolute Gasteiger partial charge is 0.466 e. The molecule has 0 saturated heterocycles. The molecular weight excluding hydrogens is 136 g/mol. The summed E-state index contributed by atoms with van der Waals surface area (Å²) in [6.07, 6.45) is 2.15. The number of primary amides is 1. The molecule has 56 valence electrons. The lowest BCUT2D eigenvalue weighted by molar-refractivity contribution is -0.134. The van der Waals surface area contributed by atoms with Crippen molar-refractivity contribution in [2.24, 2.45) is 5.73 Å². The Hall–Kier alpha value is -1.52. The van der Waals surface area contributed by atoms with Gasteiger partial charge in [-0.3, -0.25) is 0 Å². The number of methoxy groups -OCH3 is 1. The van der Waals surface area contributed by atoms with Crippen LogP contribution in [0.2, 0.25) is 0 Å². The fraction of sp³-hybridized carbons (Fsp3) is 0.200. The van der Waals surface area contributed by atoms with Crippen molar-refractivity contribution in [1.29, 1.82) is 0 Å². The molecule has 0 aromatic rings. The van der Waals surface area contributed by atoms with Crippen molar-refractivity contribution < 1.29 is 14.3 Å². The minimum Gasteiger partial charge on any atom is -0.466 e. The minimum absolute atomic E-state index is 0.547. The van der Waals surface area contributed by atoms with Crippen LogP contribution >= 0.6 is 0 Å². The highest BCUT2D eigenvalue weighted by Gasteiger charge is 1.89. The molecule has 0 bridgehead atoms. The number of hydrogen-bond donors (Lipinski definition) is 2. The Labute approximate surface area is 57.8 Å². The Bertz CT molecular complexity index is 164. The van der Waals surface area contributed by atoms with Crippen LogP contribution in [0.4, 0.5) is 4.79 Å². The van der Waals surface area contributed by atoms with Crippen LogP contribution in [0.1, 0.15) is 0 Å². The first kappa shape index (κ1) is 8.48. The van der Waals surface area contributed by atoms with E-state index in [0.29, 0.717) is 0 Å². The zero-order chi connectivity index (χ0) is 7.98. The van der Waals surface area contributed by atoms with E-state index in [4.69, 9.17) is 0 Å². The molecule has 0 heterocycles. The number of carbonyl (C=O) groups excluding carboxylic acids is 2. The van der Waals surface area contributed by atoms with Gasteiger partial charge in [0, 0.05) is 12.3 Å². The van der Waals surface area contributed by atoms with E-state index in [9.17, 15) is 9.59 Å². The Morgan fingerprint density at radius 1 is 1.60 bits per heavy atom. The standard InChI is InChI=1S/C5H8N2O3/c1-10-4(8)2-3-7-5(6)9/h2-3H,1H3,(H3,6,7,9)/b3-2-. The zero-order valence-corrected chi connectivity index (χ0v) is 5.46. The van der Waals surface area contributed by atoms with E-state index in [1.165, 1.54) is 7.11 Å². The maximum absolute atomic E-state index is 10.3. The van der Waals surface area contributed by atoms with Gasteiger partial charge in [-0.2, -0.15) is 0 Å². The molecule has 0 aliphatic heterocycles. The lowest BCUT2D eigenvalue weighted by Gasteiger charge is -1.90. The van der Waals surface area contributed by atoms with Crippen molar-refractivity contribution in [1.82, 2.24) is 5.32 Å². The van der Waals surface area contributed by atoms with Gasteiger partial charge in [0.15, 0.2) is 0 Å². The zero-order valence-electron chi connectivity index (χ0n) is 5.46. The highest BCUT2D eigenvalue weighted by atomic mass is 16.5. The van der Waals surface area contributed by atoms with Crippen LogP contribution in [0.3, 0.4) is 0 Å². The van der Waals surface area contributed by atoms with E-state index in [0.717, 1.165) is 12.3 Å². The summed E-state index contributed by atoms with van der Waals surface area (Å²) in [6, 6.07) is -0.722. The Kier molecular flexibility index (Phi) is 3.70. The number of nitrogens with two attached hydrogens (primary N) is 1. The van der Waals surface area contributed by atoms with Crippen molar-refractivity contribution in [2.75, 3.05) is 7.11 Å². The van der Waals surface area contributed by atoms with E-state index < -0.39 is 12.0 Å². The maximum Gasteiger partial charge on any atom is 0.331 e. The van der Waals surface area contributed by atoms with Gasteiger partial charge in [0.1, 0.15) is 0 Å². The summed E-state index contributed by atoms with van der Waals surface area (Å²) in [5.41, 5.74) is 4.67. The third-order valence-electron chi connectivity index (χ3n) is 0.646. The first-order valence-corrected chi connectivity index (χ1v) is 2.47. The fourth-order valence-corrected chi connectivity index (χ4v) is 0.260.